The molecular formula is C27H42N4O3. The van der Waals surface area contributed by atoms with Crippen molar-refractivity contribution < 1.29 is 14.3 Å². The predicted octanol–water partition coefficient (Wildman–Crippen LogP) is 5.03. The van der Waals surface area contributed by atoms with Crippen molar-refractivity contribution in [2.24, 2.45) is 10.8 Å². The summed E-state index contributed by atoms with van der Waals surface area (Å²) in [5.41, 5.74) is 2.59. The summed E-state index contributed by atoms with van der Waals surface area (Å²) in [6.07, 6.45) is 9.10. The van der Waals surface area contributed by atoms with Gasteiger partial charge in [0.2, 0.25) is 0 Å². The maximum Gasteiger partial charge on any atom is 0.407 e. The zero-order valence-corrected chi connectivity index (χ0v) is 21.4. The van der Waals surface area contributed by atoms with E-state index in [0.29, 0.717) is 16.9 Å². The molecule has 1 amide bonds. The van der Waals surface area contributed by atoms with Gasteiger partial charge >= 0.3 is 6.09 Å². The quantitative estimate of drug-likeness (QED) is 0.642. The van der Waals surface area contributed by atoms with E-state index in [1.165, 1.54) is 25.7 Å². The fourth-order valence-corrected chi connectivity index (χ4v) is 6.59. The van der Waals surface area contributed by atoms with Crippen molar-refractivity contribution in [3.63, 3.8) is 0 Å². The number of nitrogens with one attached hydrogen (secondary N) is 2. The van der Waals surface area contributed by atoms with Gasteiger partial charge < -0.3 is 25.0 Å². The Morgan fingerprint density at radius 1 is 1.09 bits per heavy atom. The van der Waals surface area contributed by atoms with Crippen LogP contribution < -0.4 is 15.5 Å². The number of pyridine rings is 1. The van der Waals surface area contributed by atoms with E-state index in [9.17, 15) is 4.79 Å². The molecule has 4 fully saturated rings. The van der Waals surface area contributed by atoms with Crippen LogP contribution in [0.1, 0.15) is 77.8 Å². The average molecular weight is 471 g/mol. The van der Waals surface area contributed by atoms with Crippen LogP contribution in [0.25, 0.3) is 0 Å². The predicted molar refractivity (Wildman–Crippen MR) is 134 cm³/mol. The molecule has 188 valence electrons. The number of aromatic nitrogens is 1. The van der Waals surface area contributed by atoms with Crippen LogP contribution in [-0.2, 0) is 9.47 Å². The molecule has 2 N–H and O–H groups in total. The van der Waals surface area contributed by atoms with Crippen LogP contribution in [0.2, 0.25) is 0 Å². The summed E-state index contributed by atoms with van der Waals surface area (Å²) in [6.45, 7) is 11.8. The highest BCUT2D eigenvalue weighted by Gasteiger charge is 2.53. The van der Waals surface area contributed by atoms with Crippen LogP contribution in [0.15, 0.2) is 12.1 Å². The molecule has 7 nitrogen and oxygen atoms in total. The summed E-state index contributed by atoms with van der Waals surface area (Å²) >= 11 is 0. The number of carbonyl (C=O) groups is 1. The Kier molecular flexibility index (Phi) is 6.20. The smallest absolute Gasteiger partial charge is 0.407 e. The summed E-state index contributed by atoms with van der Waals surface area (Å²) in [7, 11) is 0. The third-order valence-corrected chi connectivity index (χ3v) is 8.42. The topological polar surface area (TPSA) is 75.7 Å². The number of piperidine rings is 1. The van der Waals surface area contributed by atoms with Crippen LogP contribution in [0.4, 0.5) is 16.3 Å². The molecule has 0 radical (unpaired) electrons. The monoisotopic (exact) mass is 470 g/mol. The molecule has 2 aliphatic carbocycles. The molecule has 7 heteroatoms. The number of carbonyl (C=O) groups excluding carboxylic acids is 1. The average Bonchev–Trinajstić information content (AvgIpc) is 2.71. The molecule has 2 saturated carbocycles. The lowest BCUT2D eigenvalue weighted by Crippen LogP contribution is -2.59. The van der Waals surface area contributed by atoms with Gasteiger partial charge in [0.15, 0.2) is 0 Å². The number of alkyl carbamates (subject to hydrolysis) is 1. The van der Waals surface area contributed by atoms with Gasteiger partial charge in [0.05, 0.1) is 18.0 Å². The molecule has 1 aromatic rings. The lowest BCUT2D eigenvalue weighted by molar-refractivity contribution is -0.0210. The van der Waals surface area contributed by atoms with Crippen LogP contribution in [0.5, 0.6) is 0 Å². The first-order chi connectivity index (χ1) is 16.1. The van der Waals surface area contributed by atoms with Gasteiger partial charge in [-0.3, -0.25) is 0 Å². The van der Waals surface area contributed by atoms with E-state index in [1.807, 2.05) is 20.8 Å². The van der Waals surface area contributed by atoms with E-state index in [0.717, 1.165) is 69.2 Å². The zero-order valence-electron chi connectivity index (χ0n) is 21.4. The largest absolute Gasteiger partial charge is 0.444 e. The Balaban J connectivity index is 1.06. The van der Waals surface area contributed by atoms with Crippen molar-refractivity contribution in [1.29, 1.82) is 0 Å². The highest BCUT2D eigenvalue weighted by atomic mass is 16.6. The minimum absolute atomic E-state index is 0.252. The minimum atomic E-state index is -0.445. The van der Waals surface area contributed by atoms with Crippen LogP contribution in [0.3, 0.4) is 0 Å². The Bertz CT molecular complexity index is 882. The zero-order chi connectivity index (χ0) is 24.0. The molecule has 2 spiro atoms. The number of amides is 1. The Morgan fingerprint density at radius 3 is 2.41 bits per heavy atom. The van der Waals surface area contributed by atoms with Gasteiger partial charge in [-0.25, -0.2) is 9.78 Å². The third-order valence-electron chi connectivity index (χ3n) is 8.42. The maximum absolute atomic E-state index is 12.0. The van der Waals surface area contributed by atoms with Crippen molar-refractivity contribution in [3.8, 4) is 0 Å². The SMILES string of the molecule is Cc1nc(N2CCC3(CCCOC3)CC2)ccc1NC1CC2(CC(NC(=O)OC(C)(C)C)C2)C1. The van der Waals surface area contributed by atoms with Crippen molar-refractivity contribution in [2.45, 2.75) is 96.7 Å². The second kappa shape index (κ2) is 8.89. The summed E-state index contributed by atoms with van der Waals surface area (Å²) < 4.78 is 11.2. The van der Waals surface area contributed by atoms with Crippen molar-refractivity contribution >= 4 is 17.6 Å². The van der Waals surface area contributed by atoms with Gasteiger partial charge in [-0.05, 0) is 102 Å². The molecular weight excluding hydrogens is 428 g/mol. The van der Waals surface area contributed by atoms with E-state index in [4.69, 9.17) is 14.5 Å². The van der Waals surface area contributed by atoms with Crippen molar-refractivity contribution in [3.05, 3.63) is 17.8 Å². The van der Waals surface area contributed by atoms with E-state index in [-0.39, 0.29) is 12.1 Å². The number of ether oxygens (including phenoxy) is 2. The fraction of sp³-hybridized carbons (Fsp3) is 0.778. The number of aryl methyl sites for hydroxylation is 1. The molecule has 3 heterocycles. The van der Waals surface area contributed by atoms with E-state index >= 15 is 0 Å². The molecule has 5 rings (SSSR count). The Hall–Kier alpha value is -2.02. The standard InChI is InChI=1S/C27H42N4O3/c1-19-22(6-7-23(28-19)31-11-9-26(10-12-31)8-5-13-33-18-26)29-20-14-27(15-20)16-21(17-27)30-24(32)34-25(2,3)4/h6-7,20-21,29H,5,8-18H2,1-4H3,(H,30,32). The molecule has 1 aromatic heterocycles. The van der Waals surface area contributed by atoms with Crippen LogP contribution in [0, 0.1) is 17.8 Å². The third kappa shape index (κ3) is 5.14. The number of rotatable bonds is 4. The number of nitrogens with zero attached hydrogens (tertiary/aromatic N) is 2. The van der Waals surface area contributed by atoms with Gasteiger partial charge in [-0.1, -0.05) is 0 Å². The lowest BCUT2D eigenvalue weighted by Gasteiger charge is -2.58. The second-order valence-electron chi connectivity index (χ2n) is 12.4. The Morgan fingerprint density at radius 2 is 1.79 bits per heavy atom. The molecule has 34 heavy (non-hydrogen) atoms. The molecule has 4 aliphatic rings. The van der Waals surface area contributed by atoms with Crippen molar-refractivity contribution in [2.75, 3.05) is 36.5 Å². The summed E-state index contributed by atoms with van der Waals surface area (Å²) in [5, 5.41) is 6.75. The number of anilines is 2. The van der Waals surface area contributed by atoms with Crippen LogP contribution >= 0.6 is 0 Å². The second-order valence-corrected chi connectivity index (χ2v) is 12.4. The molecule has 2 saturated heterocycles. The minimum Gasteiger partial charge on any atom is -0.444 e. The summed E-state index contributed by atoms with van der Waals surface area (Å²) in [6, 6.07) is 5.14. The first-order valence-corrected chi connectivity index (χ1v) is 13.2. The van der Waals surface area contributed by atoms with Gasteiger partial charge in [0, 0.05) is 31.8 Å². The van der Waals surface area contributed by atoms with E-state index in [2.05, 4.69) is 34.6 Å². The molecule has 0 atom stereocenters. The van der Waals surface area contributed by atoms with Gasteiger partial charge in [-0.15, -0.1) is 0 Å². The first-order valence-electron chi connectivity index (χ1n) is 13.2. The lowest BCUT2D eigenvalue weighted by atomic mass is 9.52. The summed E-state index contributed by atoms with van der Waals surface area (Å²) in [4.78, 5) is 19.4. The first kappa shape index (κ1) is 23.7. The van der Waals surface area contributed by atoms with Crippen molar-refractivity contribution in [1.82, 2.24) is 10.3 Å². The molecule has 0 unspecified atom stereocenters. The maximum atomic E-state index is 12.0. The molecule has 2 aliphatic heterocycles. The number of hydrogen-bond acceptors (Lipinski definition) is 6. The molecule has 0 aromatic carbocycles. The van der Waals surface area contributed by atoms with E-state index < -0.39 is 5.60 Å². The van der Waals surface area contributed by atoms with Gasteiger partial charge in [0.25, 0.3) is 0 Å². The summed E-state index contributed by atoms with van der Waals surface area (Å²) in [5.74, 6) is 1.11. The van der Waals surface area contributed by atoms with Gasteiger partial charge in [0.1, 0.15) is 11.4 Å². The number of hydrogen-bond donors (Lipinski definition) is 2. The fourth-order valence-electron chi connectivity index (χ4n) is 6.59. The normalized spacial score (nSPS) is 30.4. The van der Waals surface area contributed by atoms with Crippen LogP contribution in [-0.4, -0.2) is 55.1 Å². The van der Waals surface area contributed by atoms with E-state index in [1.54, 1.807) is 0 Å². The van der Waals surface area contributed by atoms with Gasteiger partial charge in [-0.2, -0.15) is 0 Å². The highest BCUT2D eigenvalue weighted by molar-refractivity contribution is 5.68. The molecule has 0 bridgehead atoms. The Labute approximate surface area is 204 Å². The highest BCUT2D eigenvalue weighted by Crippen LogP contribution is 2.56.